The summed E-state index contributed by atoms with van der Waals surface area (Å²) in [4.78, 5) is 35.9. The zero-order valence-electron chi connectivity index (χ0n) is 18.6. The van der Waals surface area contributed by atoms with Crippen LogP contribution in [0.25, 0.3) is 0 Å². The molecule has 0 aliphatic heterocycles. The first-order chi connectivity index (χ1) is 15.9. The van der Waals surface area contributed by atoms with Crippen molar-refractivity contribution in [3.63, 3.8) is 0 Å². The third-order valence-corrected chi connectivity index (χ3v) is 5.69. The van der Waals surface area contributed by atoms with Crippen molar-refractivity contribution in [1.29, 1.82) is 0 Å². The highest BCUT2D eigenvalue weighted by atomic mass is 32.2. The van der Waals surface area contributed by atoms with Gasteiger partial charge >= 0.3 is 11.9 Å². The van der Waals surface area contributed by atoms with E-state index in [1.54, 1.807) is 13.8 Å². The second-order valence-electron chi connectivity index (χ2n) is 7.48. The second-order valence-corrected chi connectivity index (χ2v) is 9.19. The number of benzene rings is 2. The molecule has 2 aromatic carbocycles. The van der Waals surface area contributed by atoms with Crippen LogP contribution in [0.3, 0.4) is 0 Å². The second kappa shape index (κ2) is 11.7. The molecule has 0 heterocycles. The molecule has 0 saturated heterocycles. The molecule has 1 amide bonds. The van der Waals surface area contributed by atoms with Crippen LogP contribution in [0.4, 0.5) is 10.1 Å². The number of aliphatic hydroxyl groups is 1. The number of halogens is 1. The van der Waals surface area contributed by atoms with Gasteiger partial charge in [-0.2, -0.15) is 4.72 Å². The number of amides is 1. The lowest BCUT2D eigenvalue weighted by Crippen LogP contribution is -2.48. The average Bonchev–Trinajstić information content (AvgIpc) is 2.76. The van der Waals surface area contributed by atoms with Crippen LogP contribution in [0.5, 0.6) is 0 Å². The number of carbonyl (C=O) groups excluding carboxylic acids is 3. The van der Waals surface area contributed by atoms with Crippen molar-refractivity contribution >= 4 is 33.6 Å². The molecule has 0 fully saturated rings. The monoisotopic (exact) mass is 496 g/mol. The summed E-state index contributed by atoms with van der Waals surface area (Å²) in [7, 11) is -4.29. The maximum atomic E-state index is 13.0. The number of carbonyl (C=O) groups is 3. The first-order valence-corrected chi connectivity index (χ1v) is 11.6. The quantitative estimate of drug-likeness (QED) is 0.420. The molecular weight excluding hydrogens is 471 g/mol. The Bertz CT molecular complexity index is 1120. The zero-order chi connectivity index (χ0) is 25.5. The van der Waals surface area contributed by atoms with Gasteiger partial charge in [0, 0.05) is 5.69 Å². The van der Waals surface area contributed by atoms with E-state index in [9.17, 15) is 32.3 Å². The number of esters is 2. The van der Waals surface area contributed by atoms with E-state index in [1.807, 2.05) is 4.72 Å². The Balaban J connectivity index is 1.95. The van der Waals surface area contributed by atoms with Gasteiger partial charge in [0.15, 0.2) is 6.61 Å². The molecule has 0 bridgehead atoms. The third-order valence-electron chi connectivity index (χ3n) is 4.24. The van der Waals surface area contributed by atoms with Gasteiger partial charge in [-0.1, -0.05) is 0 Å². The summed E-state index contributed by atoms with van der Waals surface area (Å²) in [5, 5.41) is 12.3. The summed E-state index contributed by atoms with van der Waals surface area (Å²) in [6, 6.07) is 7.90. The predicted octanol–water partition coefficient (Wildman–Crippen LogP) is 1.60. The highest BCUT2D eigenvalue weighted by Gasteiger charge is 2.31. The summed E-state index contributed by atoms with van der Waals surface area (Å²) in [6.45, 7) is 3.82. The molecule has 0 aliphatic carbocycles. The molecule has 2 atom stereocenters. The molecule has 0 spiro atoms. The van der Waals surface area contributed by atoms with E-state index in [-0.39, 0.29) is 16.6 Å². The van der Waals surface area contributed by atoms with Gasteiger partial charge in [0.1, 0.15) is 11.9 Å². The molecule has 34 heavy (non-hydrogen) atoms. The van der Waals surface area contributed by atoms with Crippen LogP contribution in [0.1, 0.15) is 31.1 Å². The van der Waals surface area contributed by atoms with Crippen molar-refractivity contribution in [3.8, 4) is 0 Å². The summed E-state index contributed by atoms with van der Waals surface area (Å²) in [6.07, 6.45) is -1.78. The Labute approximate surface area is 196 Å². The molecule has 184 valence electrons. The highest BCUT2D eigenvalue weighted by molar-refractivity contribution is 7.89. The molecule has 2 rings (SSSR count). The highest BCUT2D eigenvalue weighted by Crippen LogP contribution is 2.13. The van der Waals surface area contributed by atoms with Gasteiger partial charge in [0.05, 0.1) is 22.7 Å². The average molecular weight is 497 g/mol. The lowest BCUT2D eigenvalue weighted by molar-refractivity contribution is -0.151. The van der Waals surface area contributed by atoms with Crippen LogP contribution >= 0.6 is 0 Å². The van der Waals surface area contributed by atoms with Crippen molar-refractivity contribution in [2.75, 3.05) is 11.9 Å². The Hall–Kier alpha value is -3.35. The van der Waals surface area contributed by atoms with Gasteiger partial charge in [0.25, 0.3) is 5.91 Å². The standard InChI is InChI=1S/C22H25FN2O8S/c1-13(2)33-21(28)15-4-8-17(9-5-15)24-19(27)12-32-22(29)20(14(3)26)25-34(30,31)18-10-6-16(23)7-11-18/h4-11,13-14,20,25-26H,12H2,1-3H3,(H,24,27)/t14-,20+/m1/s1. The van der Waals surface area contributed by atoms with Crippen LogP contribution in [0, 0.1) is 5.82 Å². The smallest absolute Gasteiger partial charge is 0.338 e. The fourth-order valence-corrected chi connectivity index (χ4v) is 3.85. The van der Waals surface area contributed by atoms with Crippen LogP contribution < -0.4 is 10.0 Å². The summed E-state index contributed by atoms with van der Waals surface area (Å²) < 4.78 is 49.7. The number of sulfonamides is 1. The Morgan fingerprint density at radius 1 is 1.00 bits per heavy atom. The molecule has 2 aromatic rings. The summed E-state index contributed by atoms with van der Waals surface area (Å²) in [5.74, 6) is -3.10. The number of rotatable bonds is 10. The molecule has 0 radical (unpaired) electrons. The fraction of sp³-hybridized carbons (Fsp3) is 0.318. The molecule has 0 unspecified atom stereocenters. The Morgan fingerprint density at radius 2 is 1.59 bits per heavy atom. The summed E-state index contributed by atoms with van der Waals surface area (Å²) >= 11 is 0. The van der Waals surface area contributed by atoms with Crippen LogP contribution in [0.2, 0.25) is 0 Å². The predicted molar refractivity (Wildman–Crippen MR) is 119 cm³/mol. The minimum absolute atomic E-state index is 0.284. The normalized spacial score (nSPS) is 13.1. The van der Waals surface area contributed by atoms with E-state index in [2.05, 4.69) is 5.32 Å². The molecule has 10 nitrogen and oxygen atoms in total. The van der Waals surface area contributed by atoms with E-state index in [0.29, 0.717) is 5.69 Å². The number of nitrogens with one attached hydrogen (secondary N) is 2. The molecular formula is C22H25FN2O8S. The van der Waals surface area contributed by atoms with Crippen molar-refractivity contribution in [1.82, 2.24) is 4.72 Å². The molecule has 12 heteroatoms. The lowest BCUT2D eigenvalue weighted by atomic mass is 10.2. The molecule has 0 aromatic heterocycles. The zero-order valence-corrected chi connectivity index (χ0v) is 19.5. The van der Waals surface area contributed by atoms with Crippen LogP contribution in [0.15, 0.2) is 53.4 Å². The van der Waals surface area contributed by atoms with Gasteiger partial charge in [-0.05, 0) is 69.3 Å². The topological polar surface area (TPSA) is 148 Å². The van der Waals surface area contributed by atoms with Gasteiger partial charge in [0.2, 0.25) is 10.0 Å². The van der Waals surface area contributed by atoms with Gasteiger partial charge in [-0.25, -0.2) is 17.6 Å². The number of hydrogen-bond donors (Lipinski definition) is 3. The van der Waals surface area contributed by atoms with Crippen molar-refractivity contribution in [2.24, 2.45) is 0 Å². The van der Waals surface area contributed by atoms with Crippen molar-refractivity contribution < 1.29 is 41.8 Å². The largest absolute Gasteiger partial charge is 0.459 e. The van der Waals surface area contributed by atoms with E-state index < -0.39 is 52.4 Å². The first kappa shape index (κ1) is 26.9. The minimum atomic E-state index is -4.29. The number of hydrogen-bond acceptors (Lipinski definition) is 8. The Kier molecular flexibility index (Phi) is 9.24. The molecule has 3 N–H and O–H groups in total. The first-order valence-electron chi connectivity index (χ1n) is 10.1. The van der Waals surface area contributed by atoms with Gasteiger partial charge < -0.3 is 19.9 Å². The SMILES string of the molecule is CC(C)OC(=O)c1ccc(NC(=O)COC(=O)[C@@H](NS(=O)(=O)c2ccc(F)cc2)[C@@H](C)O)cc1. The molecule has 0 saturated carbocycles. The van der Waals surface area contributed by atoms with Crippen LogP contribution in [-0.4, -0.2) is 56.2 Å². The van der Waals surface area contributed by atoms with E-state index in [1.165, 1.54) is 24.3 Å². The van der Waals surface area contributed by atoms with Crippen LogP contribution in [-0.2, 0) is 29.1 Å². The Morgan fingerprint density at radius 3 is 2.12 bits per heavy atom. The van der Waals surface area contributed by atoms with Crippen molar-refractivity contribution in [2.45, 2.75) is 43.9 Å². The number of aliphatic hydroxyl groups excluding tert-OH is 1. The minimum Gasteiger partial charge on any atom is -0.459 e. The van der Waals surface area contributed by atoms with E-state index in [4.69, 9.17) is 9.47 Å². The fourth-order valence-electron chi connectivity index (χ4n) is 2.59. The number of anilines is 1. The van der Waals surface area contributed by atoms with Gasteiger partial charge in [-0.15, -0.1) is 0 Å². The molecule has 0 aliphatic rings. The van der Waals surface area contributed by atoms with Gasteiger partial charge in [-0.3, -0.25) is 9.59 Å². The third kappa shape index (κ3) is 7.90. The maximum absolute atomic E-state index is 13.0. The summed E-state index contributed by atoms with van der Waals surface area (Å²) in [5.41, 5.74) is 0.595. The van der Waals surface area contributed by atoms with E-state index in [0.717, 1.165) is 31.2 Å². The maximum Gasteiger partial charge on any atom is 0.338 e. The van der Waals surface area contributed by atoms with Crippen molar-refractivity contribution in [3.05, 3.63) is 59.9 Å². The number of ether oxygens (including phenoxy) is 2. The van der Waals surface area contributed by atoms with E-state index >= 15 is 0 Å². The lowest BCUT2D eigenvalue weighted by Gasteiger charge is -2.20.